The molecule has 5 heteroatoms. The van der Waals surface area contributed by atoms with Gasteiger partial charge in [-0.1, -0.05) is 12.1 Å². The Morgan fingerprint density at radius 2 is 1.69 bits per heavy atom. The minimum atomic E-state index is -0.730. The van der Waals surface area contributed by atoms with Gasteiger partial charge in [0.25, 0.3) is 0 Å². The van der Waals surface area contributed by atoms with E-state index in [1.807, 2.05) is 5.38 Å². The molecule has 2 aromatic rings. The molecule has 2 rings (SSSR count). The second kappa shape index (κ2) is 5.39. The summed E-state index contributed by atoms with van der Waals surface area (Å²) in [5.41, 5.74) is 5.72. The number of nitrogens with two attached hydrogens (primary N) is 1. The molecule has 0 fully saturated rings. The monoisotopic (exact) mass is 261 g/mol. The Labute approximate surface area is 102 Å². The molecule has 2 N–H and O–H groups in total. The largest absolute Gasteiger partial charge is 0.319 e. The van der Waals surface area contributed by atoms with E-state index in [-0.39, 0.29) is 18.0 Å². The predicted molar refractivity (Wildman–Crippen MR) is 64.0 cm³/mol. The molecule has 1 nitrogen and oxygen atoms in total. The first-order chi connectivity index (χ1) is 7.20. The van der Waals surface area contributed by atoms with Crippen LogP contribution in [0.2, 0.25) is 0 Å². The van der Waals surface area contributed by atoms with Crippen molar-refractivity contribution < 1.29 is 8.78 Å². The Bertz CT molecular complexity index is 439. The number of benzene rings is 1. The molecule has 0 radical (unpaired) electrons. The summed E-state index contributed by atoms with van der Waals surface area (Å²) in [5, 5.41) is 1.83. The summed E-state index contributed by atoms with van der Waals surface area (Å²) >= 11 is 1.38. The zero-order chi connectivity index (χ0) is 10.8. The predicted octanol–water partition coefficient (Wildman–Crippen LogP) is 3.50. The van der Waals surface area contributed by atoms with Crippen molar-refractivity contribution in [3.05, 3.63) is 57.8 Å². The zero-order valence-electron chi connectivity index (χ0n) is 8.19. The molecular formula is C11H10ClF2NS. The van der Waals surface area contributed by atoms with Crippen LogP contribution in [0.3, 0.4) is 0 Å². The van der Waals surface area contributed by atoms with E-state index in [0.717, 1.165) is 4.88 Å². The van der Waals surface area contributed by atoms with Gasteiger partial charge in [-0.15, -0.1) is 23.7 Å². The fraction of sp³-hybridized carbons (Fsp3) is 0.0909. The molecule has 1 heterocycles. The number of rotatable bonds is 2. The summed E-state index contributed by atoms with van der Waals surface area (Å²) in [4.78, 5) is 0.749. The molecule has 0 aliphatic heterocycles. The Morgan fingerprint density at radius 1 is 1.06 bits per heavy atom. The lowest BCUT2D eigenvalue weighted by Gasteiger charge is -2.11. The molecule has 86 valence electrons. The molecule has 0 saturated carbocycles. The van der Waals surface area contributed by atoms with Crippen molar-refractivity contribution in [1.29, 1.82) is 0 Å². The van der Waals surface area contributed by atoms with Crippen molar-refractivity contribution in [2.45, 2.75) is 6.04 Å². The van der Waals surface area contributed by atoms with Crippen molar-refractivity contribution >= 4 is 23.7 Å². The van der Waals surface area contributed by atoms with Crippen molar-refractivity contribution in [2.24, 2.45) is 5.73 Å². The van der Waals surface area contributed by atoms with Crippen LogP contribution in [0.25, 0.3) is 0 Å². The topological polar surface area (TPSA) is 26.0 Å². The van der Waals surface area contributed by atoms with Crippen LogP contribution in [0.15, 0.2) is 35.7 Å². The zero-order valence-corrected chi connectivity index (χ0v) is 9.82. The van der Waals surface area contributed by atoms with E-state index < -0.39 is 17.7 Å². The first-order valence-electron chi connectivity index (χ1n) is 4.43. The van der Waals surface area contributed by atoms with Crippen LogP contribution in [0, 0.1) is 11.6 Å². The minimum absolute atomic E-state index is 0. The average Bonchev–Trinajstić information content (AvgIpc) is 2.69. The van der Waals surface area contributed by atoms with Crippen LogP contribution in [0.4, 0.5) is 8.78 Å². The van der Waals surface area contributed by atoms with E-state index in [2.05, 4.69) is 0 Å². The fourth-order valence-corrected chi connectivity index (χ4v) is 2.15. The number of thiophene rings is 1. The molecular weight excluding hydrogens is 252 g/mol. The van der Waals surface area contributed by atoms with Gasteiger partial charge in [-0.25, -0.2) is 8.78 Å². The third kappa shape index (κ3) is 2.40. The Hall–Kier alpha value is -0.970. The van der Waals surface area contributed by atoms with Crippen LogP contribution in [-0.4, -0.2) is 0 Å². The van der Waals surface area contributed by atoms with E-state index >= 15 is 0 Å². The van der Waals surface area contributed by atoms with Gasteiger partial charge in [-0.05, 0) is 23.6 Å². The minimum Gasteiger partial charge on any atom is -0.319 e. The molecule has 1 aromatic carbocycles. The smallest absolute Gasteiger partial charge is 0.131 e. The van der Waals surface area contributed by atoms with Gasteiger partial charge in [0.15, 0.2) is 0 Å². The van der Waals surface area contributed by atoms with Gasteiger partial charge in [0, 0.05) is 10.4 Å². The van der Waals surface area contributed by atoms with E-state index in [0.29, 0.717) is 0 Å². The molecule has 0 bridgehead atoms. The third-order valence-corrected chi connectivity index (χ3v) is 3.12. The summed E-state index contributed by atoms with van der Waals surface area (Å²) in [7, 11) is 0. The summed E-state index contributed by atoms with van der Waals surface area (Å²) in [6, 6.07) is 6.60. The fourth-order valence-electron chi connectivity index (χ4n) is 1.42. The number of hydrogen-bond acceptors (Lipinski definition) is 2. The van der Waals surface area contributed by atoms with E-state index in [4.69, 9.17) is 5.73 Å². The first-order valence-corrected chi connectivity index (χ1v) is 5.31. The quantitative estimate of drug-likeness (QED) is 0.880. The highest BCUT2D eigenvalue weighted by Gasteiger charge is 2.18. The van der Waals surface area contributed by atoms with Gasteiger partial charge in [-0.3, -0.25) is 0 Å². The van der Waals surface area contributed by atoms with E-state index in [1.54, 1.807) is 12.1 Å². The number of hydrogen-bond donors (Lipinski definition) is 1. The van der Waals surface area contributed by atoms with Crippen LogP contribution in [-0.2, 0) is 0 Å². The molecule has 0 saturated heterocycles. The maximum absolute atomic E-state index is 13.4. The van der Waals surface area contributed by atoms with Gasteiger partial charge >= 0.3 is 0 Å². The van der Waals surface area contributed by atoms with E-state index in [9.17, 15) is 8.78 Å². The second-order valence-electron chi connectivity index (χ2n) is 3.13. The van der Waals surface area contributed by atoms with Crippen LogP contribution in [0.5, 0.6) is 0 Å². The van der Waals surface area contributed by atoms with Gasteiger partial charge in [0.2, 0.25) is 0 Å². The van der Waals surface area contributed by atoms with Crippen molar-refractivity contribution in [3.63, 3.8) is 0 Å². The molecule has 0 aliphatic rings. The third-order valence-electron chi connectivity index (χ3n) is 2.16. The second-order valence-corrected chi connectivity index (χ2v) is 4.11. The molecule has 1 atom stereocenters. The van der Waals surface area contributed by atoms with Gasteiger partial charge in [0.1, 0.15) is 11.6 Å². The van der Waals surface area contributed by atoms with Gasteiger partial charge in [-0.2, -0.15) is 0 Å². The van der Waals surface area contributed by atoms with Crippen LogP contribution < -0.4 is 5.73 Å². The summed E-state index contributed by atoms with van der Waals surface area (Å²) < 4.78 is 26.8. The lowest BCUT2D eigenvalue weighted by atomic mass is 10.1. The van der Waals surface area contributed by atoms with Crippen LogP contribution in [0.1, 0.15) is 16.5 Å². The molecule has 0 unspecified atom stereocenters. The summed E-state index contributed by atoms with van der Waals surface area (Å²) in [6.45, 7) is 0. The van der Waals surface area contributed by atoms with Crippen molar-refractivity contribution in [2.75, 3.05) is 0 Å². The summed E-state index contributed by atoms with van der Waals surface area (Å²) in [5.74, 6) is -1.20. The first kappa shape index (κ1) is 13.1. The Kier molecular flexibility index (Phi) is 4.41. The normalized spacial score (nSPS) is 11.9. The van der Waals surface area contributed by atoms with Gasteiger partial charge < -0.3 is 5.73 Å². The molecule has 0 spiro atoms. The molecule has 1 aromatic heterocycles. The van der Waals surface area contributed by atoms with Crippen molar-refractivity contribution in [1.82, 2.24) is 0 Å². The Morgan fingerprint density at radius 3 is 2.19 bits per heavy atom. The lowest BCUT2D eigenvalue weighted by Crippen LogP contribution is -2.14. The van der Waals surface area contributed by atoms with Crippen molar-refractivity contribution in [3.8, 4) is 0 Å². The van der Waals surface area contributed by atoms with Crippen LogP contribution >= 0.6 is 23.7 Å². The molecule has 16 heavy (non-hydrogen) atoms. The highest BCUT2D eigenvalue weighted by atomic mass is 35.5. The summed E-state index contributed by atoms with van der Waals surface area (Å²) in [6.07, 6.45) is 0. The highest BCUT2D eigenvalue weighted by Crippen LogP contribution is 2.27. The lowest BCUT2D eigenvalue weighted by molar-refractivity contribution is 0.545. The molecule has 0 amide bonds. The maximum Gasteiger partial charge on any atom is 0.131 e. The average molecular weight is 262 g/mol. The van der Waals surface area contributed by atoms with Gasteiger partial charge in [0.05, 0.1) is 6.04 Å². The Balaban J connectivity index is 0.00000128. The number of halogens is 3. The molecule has 0 aliphatic carbocycles. The maximum atomic E-state index is 13.4. The SMILES string of the molecule is Cl.N[C@H](c1cccs1)c1c(F)cccc1F. The highest BCUT2D eigenvalue weighted by molar-refractivity contribution is 7.10. The van der Waals surface area contributed by atoms with E-state index in [1.165, 1.54) is 29.5 Å². The standard InChI is InChI=1S/C11H9F2NS.ClH/c12-7-3-1-4-8(13)10(7)11(14)9-5-2-6-15-9;/h1-6,11H,14H2;1H/t11-;/m1./s1.